The van der Waals surface area contributed by atoms with Crippen LogP contribution in [0.5, 0.6) is 0 Å². The van der Waals surface area contributed by atoms with Crippen molar-refractivity contribution in [1.29, 1.82) is 0 Å². The van der Waals surface area contributed by atoms with Gasteiger partial charge >= 0.3 is 0 Å². The molecule has 5 heteroatoms. The van der Waals surface area contributed by atoms with Crippen molar-refractivity contribution < 1.29 is 4.79 Å². The number of halogens is 1. The van der Waals surface area contributed by atoms with Crippen LogP contribution in [-0.2, 0) is 11.2 Å². The fraction of sp³-hybridized carbons (Fsp3) is 0.294. The van der Waals surface area contributed by atoms with Gasteiger partial charge in [0.1, 0.15) is 5.82 Å². The molecule has 0 unspecified atom stereocenters. The molecule has 116 valence electrons. The van der Waals surface area contributed by atoms with E-state index in [9.17, 15) is 4.79 Å². The molecule has 0 spiro atoms. The fourth-order valence-electron chi connectivity index (χ4n) is 1.87. The van der Waals surface area contributed by atoms with Crippen LogP contribution in [0.3, 0.4) is 0 Å². The average molecular weight is 362 g/mol. The van der Waals surface area contributed by atoms with Crippen LogP contribution in [0, 0.1) is 5.92 Å². The molecule has 0 bridgehead atoms. The van der Waals surface area contributed by atoms with Crippen molar-refractivity contribution >= 4 is 33.3 Å². The first-order chi connectivity index (χ1) is 10.5. The first-order valence-electron chi connectivity index (χ1n) is 7.27. The zero-order valence-electron chi connectivity index (χ0n) is 12.8. The summed E-state index contributed by atoms with van der Waals surface area (Å²) in [4.78, 5) is 16.3. The van der Waals surface area contributed by atoms with Crippen molar-refractivity contribution in [3.63, 3.8) is 0 Å². The van der Waals surface area contributed by atoms with Gasteiger partial charge in [-0.1, -0.05) is 41.9 Å². The van der Waals surface area contributed by atoms with Crippen molar-refractivity contribution in [1.82, 2.24) is 4.98 Å². The van der Waals surface area contributed by atoms with Gasteiger partial charge in [0.05, 0.1) is 18.3 Å². The van der Waals surface area contributed by atoms with Gasteiger partial charge in [0.2, 0.25) is 5.91 Å². The number of hydrogen-bond donors (Lipinski definition) is 2. The molecule has 22 heavy (non-hydrogen) atoms. The molecule has 0 fully saturated rings. The lowest BCUT2D eigenvalue weighted by atomic mass is 10.1. The third-order valence-corrected chi connectivity index (χ3v) is 3.55. The van der Waals surface area contributed by atoms with Gasteiger partial charge in [0, 0.05) is 11.0 Å². The zero-order valence-corrected chi connectivity index (χ0v) is 14.4. The van der Waals surface area contributed by atoms with Crippen molar-refractivity contribution in [2.75, 3.05) is 17.2 Å². The van der Waals surface area contributed by atoms with Gasteiger partial charge in [0.25, 0.3) is 0 Å². The molecule has 1 aromatic carbocycles. The summed E-state index contributed by atoms with van der Waals surface area (Å²) in [6.45, 7) is 5.16. The Morgan fingerprint density at radius 2 is 1.91 bits per heavy atom. The Hall–Kier alpha value is -1.88. The smallest absolute Gasteiger partial charge is 0.228 e. The Kier molecular flexibility index (Phi) is 5.95. The van der Waals surface area contributed by atoms with E-state index in [1.54, 1.807) is 6.20 Å². The first kappa shape index (κ1) is 16.5. The summed E-state index contributed by atoms with van der Waals surface area (Å²) in [7, 11) is 0. The van der Waals surface area contributed by atoms with Crippen LogP contribution >= 0.6 is 15.9 Å². The van der Waals surface area contributed by atoms with Crippen LogP contribution in [0.4, 0.5) is 11.5 Å². The Morgan fingerprint density at radius 3 is 2.50 bits per heavy atom. The Labute approximate surface area is 139 Å². The quantitative estimate of drug-likeness (QED) is 0.814. The molecule has 2 N–H and O–H groups in total. The summed E-state index contributed by atoms with van der Waals surface area (Å²) in [6.07, 6.45) is 2.02. The topological polar surface area (TPSA) is 54.0 Å². The molecule has 0 aliphatic carbocycles. The minimum atomic E-state index is -0.0491. The number of carbonyl (C=O) groups is 1. The molecule has 0 saturated heterocycles. The van der Waals surface area contributed by atoms with Gasteiger partial charge in [0.15, 0.2) is 0 Å². The zero-order chi connectivity index (χ0) is 15.9. The minimum absolute atomic E-state index is 0.0491. The number of aromatic nitrogens is 1. The number of amides is 1. The lowest BCUT2D eigenvalue weighted by Gasteiger charge is -2.09. The molecule has 2 aromatic rings. The largest absolute Gasteiger partial charge is 0.370 e. The highest BCUT2D eigenvalue weighted by atomic mass is 79.9. The molecule has 1 aromatic heterocycles. The van der Waals surface area contributed by atoms with E-state index in [0.717, 1.165) is 22.4 Å². The van der Waals surface area contributed by atoms with E-state index in [4.69, 9.17) is 0 Å². The van der Waals surface area contributed by atoms with Gasteiger partial charge in [-0.2, -0.15) is 0 Å². The summed E-state index contributed by atoms with van der Waals surface area (Å²) in [5.41, 5.74) is 1.68. The molecule has 0 atom stereocenters. The van der Waals surface area contributed by atoms with E-state index in [0.29, 0.717) is 18.0 Å². The maximum absolute atomic E-state index is 12.0. The molecule has 0 aliphatic heterocycles. The van der Waals surface area contributed by atoms with Crippen LogP contribution in [0.1, 0.15) is 19.4 Å². The van der Waals surface area contributed by atoms with Crippen LogP contribution in [0.25, 0.3) is 0 Å². The number of carbonyl (C=O) groups excluding carboxylic acids is 1. The number of rotatable bonds is 6. The number of anilines is 2. The molecular formula is C17H20BrN3O. The van der Waals surface area contributed by atoms with Crippen LogP contribution < -0.4 is 10.6 Å². The molecule has 2 rings (SSSR count). The normalized spacial score (nSPS) is 10.5. The lowest BCUT2D eigenvalue weighted by molar-refractivity contribution is -0.115. The highest BCUT2D eigenvalue weighted by molar-refractivity contribution is 9.10. The van der Waals surface area contributed by atoms with Gasteiger partial charge < -0.3 is 10.6 Å². The molecule has 4 nitrogen and oxygen atoms in total. The summed E-state index contributed by atoms with van der Waals surface area (Å²) in [5, 5.41) is 6.10. The Bertz CT molecular complexity index is 609. The Balaban J connectivity index is 1.87. The minimum Gasteiger partial charge on any atom is -0.370 e. The van der Waals surface area contributed by atoms with Gasteiger partial charge in [-0.15, -0.1) is 0 Å². The van der Waals surface area contributed by atoms with Crippen LogP contribution in [0.15, 0.2) is 47.1 Å². The highest BCUT2D eigenvalue weighted by Crippen LogP contribution is 2.13. The maximum atomic E-state index is 12.0. The predicted octanol–water partition coefficient (Wildman–Crippen LogP) is 4.09. The van der Waals surface area contributed by atoms with E-state index in [-0.39, 0.29) is 5.91 Å². The van der Waals surface area contributed by atoms with E-state index in [1.165, 1.54) is 0 Å². The third-order valence-electron chi connectivity index (χ3n) is 3.02. The second kappa shape index (κ2) is 7.94. The second-order valence-electron chi connectivity index (χ2n) is 5.56. The van der Waals surface area contributed by atoms with E-state index in [2.05, 4.69) is 45.4 Å². The summed E-state index contributed by atoms with van der Waals surface area (Å²) < 4.78 is 1.00. The third kappa shape index (κ3) is 5.48. The van der Waals surface area contributed by atoms with Gasteiger partial charge in [-0.25, -0.2) is 4.98 Å². The maximum Gasteiger partial charge on any atom is 0.228 e. The van der Waals surface area contributed by atoms with Gasteiger partial charge in [-0.05, 0) is 35.7 Å². The molecule has 0 radical (unpaired) electrons. The Morgan fingerprint density at radius 1 is 1.18 bits per heavy atom. The van der Waals surface area contributed by atoms with Crippen molar-refractivity contribution in [2.24, 2.45) is 5.92 Å². The number of hydrogen-bond acceptors (Lipinski definition) is 3. The van der Waals surface area contributed by atoms with E-state index < -0.39 is 0 Å². The summed E-state index contributed by atoms with van der Waals surface area (Å²) >= 11 is 3.38. The molecule has 0 saturated carbocycles. The molecule has 1 amide bonds. The lowest BCUT2D eigenvalue weighted by Crippen LogP contribution is -2.15. The first-order valence-corrected chi connectivity index (χ1v) is 8.06. The monoisotopic (exact) mass is 361 g/mol. The summed E-state index contributed by atoms with van der Waals surface area (Å²) in [6, 6.07) is 11.5. The van der Waals surface area contributed by atoms with Crippen molar-refractivity contribution in [3.8, 4) is 0 Å². The van der Waals surface area contributed by atoms with E-state index in [1.807, 2.05) is 36.4 Å². The van der Waals surface area contributed by atoms with Crippen molar-refractivity contribution in [3.05, 3.63) is 52.6 Å². The molecular weight excluding hydrogens is 342 g/mol. The molecule has 1 heterocycles. The number of pyridine rings is 1. The summed E-state index contributed by atoms with van der Waals surface area (Å²) in [5.74, 6) is 1.33. The van der Waals surface area contributed by atoms with Crippen molar-refractivity contribution in [2.45, 2.75) is 20.3 Å². The van der Waals surface area contributed by atoms with Crippen LogP contribution in [-0.4, -0.2) is 17.4 Å². The average Bonchev–Trinajstić information content (AvgIpc) is 2.49. The highest BCUT2D eigenvalue weighted by Gasteiger charge is 2.05. The molecule has 0 aliphatic rings. The fourth-order valence-corrected chi connectivity index (χ4v) is 2.14. The second-order valence-corrected chi connectivity index (χ2v) is 6.47. The SMILES string of the molecule is CC(C)CNc1ccc(NC(=O)Cc2ccc(Br)cc2)cn1. The van der Waals surface area contributed by atoms with Gasteiger partial charge in [-0.3, -0.25) is 4.79 Å². The number of nitrogens with one attached hydrogen (secondary N) is 2. The van der Waals surface area contributed by atoms with Crippen LogP contribution in [0.2, 0.25) is 0 Å². The number of nitrogens with zero attached hydrogens (tertiary/aromatic N) is 1. The predicted molar refractivity (Wildman–Crippen MR) is 94.0 cm³/mol. The van der Waals surface area contributed by atoms with E-state index >= 15 is 0 Å². The number of benzene rings is 1. The standard InChI is InChI=1S/C17H20BrN3O/c1-12(2)10-19-16-8-7-15(11-20-16)21-17(22)9-13-3-5-14(18)6-4-13/h3-8,11-12H,9-10H2,1-2H3,(H,19,20)(H,21,22).